The van der Waals surface area contributed by atoms with Gasteiger partial charge in [0.25, 0.3) is 0 Å². The summed E-state index contributed by atoms with van der Waals surface area (Å²) in [7, 11) is 1.51. The second kappa shape index (κ2) is 5.19. The summed E-state index contributed by atoms with van der Waals surface area (Å²) < 4.78 is 18.9. The van der Waals surface area contributed by atoms with Crippen LogP contribution >= 0.6 is 0 Å². The van der Waals surface area contributed by atoms with Crippen molar-refractivity contribution in [1.29, 1.82) is 0 Å². The van der Waals surface area contributed by atoms with E-state index < -0.39 is 6.04 Å². The number of hydrogen-bond acceptors (Lipinski definition) is 2. The van der Waals surface area contributed by atoms with Crippen molar-refractivity contribution in [2.75, 3.05) is 7.11 Å². The van der Waals surface area contributed by atoms with Crippen molar-refractivity contribution in [2.45, 2.75) is 13.0 Å². The van der Waals surface area contributed by atoms with Crippen LogP contribution in [0.1, 0.15) is 22.7 Å². The molecule has 0 aromatic heterocycles. The van der Waals surface area contributed by atoms with Crippen molar-refractivity contribution in [3.8, 4) is 5.75 Å². The largest absolute Gasteiger partial charge is 0.497 e. The zero-order valence-corrected chi connectivity index (χ0v) is 10.5. The molecule has 0 heterocycles. The zero-order chi connectivity index (χ0) is 13.1. The molecule has 0 spiro atoms. The van der Waals surface area contributed by atoms with Gasteiger partial charge in [-0.3, -0.25) is 0 Å². The molecule has 2 aromatic carbocycles. The molecule has 2 N–H and O–H groups in total. The maximum atomic E-state index is 13.9. The molecule has 0 amide bonds. The predicted molar refractivity (Wildman–Crippen MR) is 70.2 cm³/mol. The van der Waals surface area contributed by atoms with Gasteiger partial charge in [-0.25, -0.2) is 4.39 Å². The summed E-state index contributed by atoms with van der Waals surface area (Å²) in [6.07, 6.45) is 0. The first-order valence-corrected chi connectivity index (χ1v) is 5.77. The normalized spacial score (nSPS) is 12.2. The van der Waals surface area contributed by atoms with Crippen LogP contribution in [0.25, 0.3) is 0 Å². The van der Waals surface area contributed by atoms with Crippen LogP contribution in [0.5, 0.6) is 5.75 Å². The van der Waals surface area contributed by atoms with Crippen LogP contribution < -0.4 is 10.5 Å². The summed E-state index contributed by atoms with van der Waals surface area (Å²) in [5.41, 5.74) is 8.58. The Morgan fingerprint density at radius 1 is 1.17 bits per heavy atom. The summed E-state index contributed by atoms with van der Waals surface area (Å²) in [4.78, 5) is 0. The van der Waals surface area contributed by atoms with E-state index in [-0.39, 0.29) is 5.82 Å². The smallest absolute Gasteiger partial charge is 0.132 e. The Labute approximate surface area is 106 Å². The summed E-state index contributed by atoms with van der Waals surface area (Å²) in [6, 6.07) is 12.1. The number of ether oxygens (including phenoxy) is 1. The van der Waals surface area contributed by atoms with Crippen LogP contribution in [-0.4, -0.2) is 7.11 Å². The molecule has 0 aliphatic rings. The quantitative estimate of drug-likeness (QED) is 0.901. The summed E-state index contributed by atoms with van der Waals surface area (Å²) in [5.74, 6) is 0.149. The van der Waals surface area contributed by atoms with E-state index in [2.05, 4.69) is 0 Å². The van der Waals surface area contributed by atoms with Gasteiger partial charge < -0.3 is 10.5 Å². The Morgan fingerprint density at radius 3 is 2.56 bits per heavy atom. The molecule has 1 atom stereocenters. The fourth-order valence-electron chi connectivity index (χ4n) is 1.93. The van der Waals surface area contributed by atoms with Gasteiger partial charge in [-0.2, -0.15) is 0 Å². The van der Waals surface area contributed by atoms with E-state index >= 15 is 0 Å². The molecular formula is C15H16FNO. The molecule has 3 heteroatoms. The zero-order valence-electron chi connectivity index (χ0n) is 10.5. The first kappa shape index (κ1) is 12.6. The highest BCUT2D eigenvalue weighted by molar-refractivity contribution is 5.37. The second-order valence-electron chi connectivity index (χ2n) is 4.28. The third-order valence-corrected chi connectivity index (χ3v) is 2.94. The molecule has 0 aliphatic carbocycles. The molecule has 0 aliphatic heterocycles. The number of methoxy groups -OCH3 is 1. The third-order valence-electron chi connectivity index (χ3n) is 2.94. The van der Waals surface area contributed by atoms with Crippen LogP contribution in [0.4, 0.5) is 4.39 Å². The first-order chi connectivity index (χ1) is 8.61. The third kappa shape index (κ3) is 2.51. The van der Waals surface area contributed by atoms with Crippen molar-refractivity contribution in [3.63, 3.8) is 0 Å². The molecule has 2 nitrogen and oxygen atoms in total. The van der Waals surface area contributed by atoms with Crippen LogP contribution in [0.2, 0.25) is 0 Å². The average Bonchev–Trinajstić information content (AvgIpc) is 2.37. The molecule has 94 valence electrons. The van der Waals surface area contributed by atoms with Gasteiger partial charge in [-0.15, -0.1) is 0 Å². The molecule has 18 heavy (non-hydrogen) atoms. The lowest BCUT2D eigenvalue weighted by molar-refractivity contribution is 0.410. The highest BCUT2D eigenvalue weighted by Gasteiger charge is 2.14. The predicted octanol–water partition coefficient (Wildman–Crippen LogP) is 3.19. The summed E-state index contributed by atoms with van der Waals surface area (Å²) in [5, 5.41) is 0. The van der Waals surface area contributed by atoms with Gasteiger partial charge >= 0.3 is 0 Å². The Morgan fingerprint density at radius 2 is 1.94 bits per heavy atom. The van der Waals surface area contributed by atoms with E-state index in [9.17, 15) is 4.39 Å². The van der Waals surface area contributed by atoms with Crippen LogP contribution in [0.3, 0.4) is 0 Å². The lowest BCUT2D eigenvalue weighted by Gasteiger charge is -2.14. The van der Waals surface area contributed by atoms with Gasteiger partial charge in [0.05, 0.1) is 13.2 Å². The van der Waals surface area contributed by atoms with Crippen LogP contribution in [-0.2, 0) is 0 Å². The van der Waals surface area contributed by atoms with Gasteiger partial charge in [-0.1, -0.05) is 35.9 Å². The highest BCUT2D eigenvalue weighted by atomic mass is 19.1. The van der Waals surface area contributed by atoms with Gasteiger partial charge in [0.15, 0.2) is 0 Å². The Hall–Kier alpha value is -1.87. The average molecular weight is 245 g/mol. The van der Waals surface area contributed by atoms with Crippen molar-refractivity contribution in [3.05, 3.63) is 65.0 Å². The molecular weight excluding hydrogens is 229 g/mol. The topological polar surface area (TPSA) is 35.2 Å². The molecule has 0 fully saturated rings. The van der Waals surface area contributed by atoms with Crippen LogP contribution in [0.15, 0.2) is 42.5 Å². The van der Waals surface area contributed by atoms with Crippen molar-refractivity contribution in [1.82, 2.24) is 0 Å². The number of halogens is 1. The molecule has 0 radical (unpaired) electrons. The van der Waals surface area contributed by atoms with E-state index in [1.165, 1.54) is 13.2 Å². The number of rotatable bonds is 3. The first-order valence-electron chi connectivity index (χ1n) is 5.77. The molecule has 0 bridgehead atoms. The maximum absolute atomic E-state index is 13.9. The number of nitrogens with two attached hydrogens (primary N) is 1. The van der Waals surface area contributed by atoms with Gasteiger partial charge in [0.2, 0.25) is 0 Å². The van der Waals surface area contributed by atoms with E-state index in [1.54, 1.807) is 12.1 Å². The van der Waals surface area contributed by atoms with E-state index in [1.807, 2.05) is 31.2 Å². The monoisotopic (exact) mass is 245 g/mol. The molecule has 2 aromatic rings. The summed E-state index contributed by atoms with van der Waals surface area (Å²) >= 11 is 0. The van der Waals surface area contributed by atoms with E-state index in [0.29, 0.717) is 11.3 Å². The van der Waals surface area contributed by atoms with Crippen molar-refractivity contribution in [2.24, 2.45) is 5.73 Å². The fourth-order valence-corrected chi connectivity index (χ4v) is 1.93. The van der Waals surface area contributed by atoms with Crippen molar-refractivity contribution >= 4 is 0 Å². The van der Waals surface area contributed by atoms with E-state index in [4.69, 9.17) is 10.5 Å². The fraction of sp³-hybridized carbons (Fsp3) is 0.200. The lowest BCUT2D eigenvalue weighted by atomic mass is 9.98. The minimum atomic E-state index is -0.462. The Bertz CT molecular complexity index is 554. The lowest BCUT2D eigenvalue weighted by Crippen LogP contribution is -2.13. The van der Waals surface area contributed by atoms with E-state index in [0.717, 1.165) is 11.1 Å². The molecule has 0 saturated heterocycles. The Kier molecular flexibility index (Phi) is 3.63. The maximum Gasteiger partial charge on any atom is 0.132 e. The molecule has 0 saturated carbocycles. The SMILES string of the molecule is COc1ccc(C(N)c2cccc(C)c2)c(F)c1. The standard InChI is InChI=1S/C15H16FNO/c1-10-4-3-5-11(8-10)15(17)13-7-6-12(18-2)9-14(13)16/h3-9,15H,17H2,1-2H3. The van der Waals surface area contributed by atoms with Crippen molar-refractivity contribution < 1.29 is 9.13 Å². The Balaban J connectivity index is 2.37. The highest BCUT2D eigenvalue weighted by Crippen LogP contribution is 2.25. The molecule has 1 unspecified atom stereocenters. The molecule has 2 rings (SSSR count). The minimum Gasteiger partial charge on any atom is -0.497 e. The second-order valence-corrected chi connectivity index (χ2v) is 4.28. The van der Waals surface area contributed by atoms with Gasteiger partial charge in [-0.05, 0) is 18.6 Å². The van der Waals surface area contributed by atoms with Gasteiger partial charge in [0.1, 0.15) is 11.6 Å². The minimum absolute atomic E-state index is 0.344. The van der Waals surface area contributed by atoms with Crippen LogP contribution in [0, 0.1) is 12.7 Å². The number of hydrogen-bond donors (Lipinski definition) is 1. The summed E-state index contributed by atoms with van der Waals surface area (Å²) in [6.45, 7) is 1.99. The number of aryl methyl sites for hydroxylation is 1. The van der Waals surface area contributed by atoms with Gasteiger partial charge in [0, 0.05) is 11.6 Å². The number of benzene rings is 2.